The van der Waals surface area contributed by atoms with Gasteiger partial charge in [0.25, 0.3) is 11.4 Å². The molecule has 3 aromatic carbocycles. The van der Waals surface area contributed by atoms with Crippen molar-refractivity contribution in [1.29, 1.82) is 0 Å². The number of non-ortho nitro benzene ring substituents is 2. The van der Waals surface area contributed by atoms with Gasteiger partial charge in [0.05, 0.1) is 28.1 Å². The number of rotatable bonds is 22. The van der Waals surface area contributed by atoms with Crippen LogP contribution in [0.25, 0.3) is 0 Å². The molecule has 3 aromatic rings. The molecular weight excluding hydrogens is 843 g/mol. The van der Waals surface area contributed by atoms with E-state index in [4.69, 9.17) is 28.9 Å². The molecular formula is C47H57N5O13. The normalized spacial score (nSPS) is 22.3. The number of nitrogens with one attached hydrogen (secondary N) is 1. The Kier molecular flexibility index (Phi) is 16.6. The number of allylic oxidation sites excluding steroid dienone is 1. The van der Waals surface area contributed by atoms with E-state index in [-0.39, 0.29) is 74.1 Å². The van der Waals surface area contributed by atoms with Crippen molar-refractivity contribution in [3.05, 3.63) is 122 Å². The predicted molar refractivity (Wildman–Crippen MR) is 239 cm³/mol. The van der Waals surface area contributed by atoms with Crippen molar-refractivity contribution >= 4 is 29.3 Å². The zero-order valence-corrected chi connectivity index (χ0v) is 36.7. The van der Waals surface area contributed by atoms with Crippen molar-refractivity contribution in [1.82, 2.24) is 10.2 Å². The van der Waals surface area contributed by atoms with E-state index in [0.717, 1.165) is 11.1 Å². The Hall–Kier alpha value is -6.37. The molecule has 6 atom stereocenters. The monoisotopic (exact) mass is 899 g/mol. The molecule has 3 aliphatic rings. The van der Waals surface area contributed by atoms with Crippen LogP contribution in [-0.2, 0) is 16.2 Å². The summed E-state index contributed by atoms with van der Waals surface area (Å²) >= 11 is 0. The number of nitrogens with zero attached hydrogens (tertiary/aromatic N) is 4. The molecule has 0 bridgehead atoms. The van der Waals surface area contributed by atoms with Crippen LogP contribution in [-0.4, -0.2) is 87.6 Å². The lowest BCUT2D eigenvalue weighted by atomic mass is 9.55. The van der Waals surface area contributed by atoms with Crippen molar-refractivity contribution in [3.63, 3.8) is 0 Å². The number of carbonyl (C=O) groups is 2. The van der Waals surface area contributed by atoms with Gasteiger partial charge in [0, 0.05) is 68.5 Å². The molecule has 18 nitrogen and oxygen atoms in total. The third-order valence-corrected chi connectivity index (χ3v) is 12.1. The van der Waals surface area contributed by atoms with Crippen molar-refractivity contribution in [2.24, 2.45) is 22.9 Å². The molecule has 0 radical (unpaired) electrons. The Balaban J connectivity index is 1.56. The van der Waals surface area contributed by atoms with Crippen LogP contribution in [0.4, 0.5) is 21.0 Å². The molecule has 0 unspecified atom stereocenters. The van der Waals surface area contributed by atoms with Crippen molar-refractivity contribution in [2.45, 2.75) is 89.6 Å². The fraction of sp³-hybridized carbons (Fsp3) is 0.468. The molecule has 3 N–H and O–H groups in total. The lowest BCUT2D eigenvalue weighted by Crippen LogP contribution is -2.70. The molecule has 65 heavy (non-hydrogen) atoms. The average molecular weight is 900 g/mol. The number of carbonyl (C=O) groups excluding carboxylic acids is 2. The lowest BCUT2D eigenvalue weighted by molar-refractivity contribution is -0.385. The smallest absolute Gasteiger partial charge is 0.415 e. The van der Waals surface area contributed by atoms with Gasteiger partial charge in [-0.25, -0.2) is 9.59 Å². The van der Waals surface area contributed by atoms with Gasteiger partial charge in [-0.1, -0.05) is 37.1 Å². The lowest BCUT2D eigenvalue weighted by Gasteiger charge is -2.59. The van der Waals surface area contributed by atoms with Crippen molar-refractivity contribution in [2.75, 3.05) is 32.9 Å². The fourth-order valence-electron chi connectivity index (χ4n) is 9.31. The summed E-state index contributed by atoms with van der Waals surface area (Å²) in [6, 6.07) is 15.4. The first-order chi connectivity index (χ1) is 31.5. The minimum atomic E-state index is -1.62. The maximum absolute atomic E-state index is 14.6. The number of nitro benzene ring substituents is 2. The topological polar surface area (TPSA) is 235 Å². The van der Waals surface area contributed by atoms with E-state index in [2.05, 4.69) is 18.0 Å². The summed E-state index contributed by atoms with van der Waals surface area (Å²) in [7, 11) is 0. The van der Waals surface area contributed by atoms with Crippen LogP contribution in [0.5, 0.6) is 17.2 Å². The first kappa shape index (κ1) is 48.1. The van der Waals surface area contributed by atoms with Gasteiger partial charge in [0.15, 0.2) is 0 Å². The second-order valence-electron chi connectivity index (χ2n) is 16.2. The predicted octanol–water partition coefficient (Wildman–Crippen LogP) is 8.36. The second kappa shape index (κ2) is 22.5. The summed E-state index contributed by atoms with van der Waals surface area (Å²) in [6.07, 6.45) is 6.83. The molecule has 1 saturated carbocycles. The molecule has 6 rings (SSSR count). The molecule has 18 heteroatoms. The van der Waals surface area contributed by atoms with Gasteiger partial charge in [-0.15, -0.1) is 6.58 Å². The quantitative estimate of drug-likeness (QED) is 0.0373. The number of amides is 2. The van der Waals surface area contributed by atoms with Gasteiger partial charge >= 0.3 is 12.2 Å². The number of benzene rings is 3. The number of aliphatic hydroxyl groups is 2. The fourth-order valence-corrected chi connectivity index (χ4v) is 9.31. The maximum atomic E-state index is 14.6. The number of oxime groups is 1. The van der Waals surface area contributed by atoms with Crippen LogP contribution in [0.15, 0.2) is 96.2 Å². The van der Waals surface area contributed by atoms with Crippen LogP contribution in [0, 0.1) is 38.0 Å². The van der Waals surface area contributed by atoms with E-state index < -0.39 is 45.7 Å². The van der Waals surface area contributed by atoms with Gasteiger partial charge in [-0.05, 0) is 104 Å². The third-order valence-electron chi connectivity index (χ3n) is 12.1. The molecule has 1 aliphatic heterocycles. The molecule has 2 amide bonds. The van der Waals surface area contributed by atoms with E-state index >= 15 is 0 Å². The Labute approximate surface area is 377 Å². The summed E-state index contributed by atoms with van der Waals surface area (Å²) in [5.41, 5.74) is 2.38. The Morgan fingerprint density at radius 2 is 1.60 bits per heavy atom. The number of unbranched alkanes of at least 4 members (excludes halogenated alkanes) is 2. The van der Waals surface area contributed by atoms with Crippen LogP contribution in [0.2, 0.25) is 0 Å². The highest BCUT2D eigenvalue weighted by molar-refractivity contribution is 6.03. The third kappa shape index (κ3) is 11.1. The summed E-state index contributed by atoms with van der Waals surface area (Å²) in [4.78, 5) is 56.7. The van der Waals surface area contributed by atoms with Crippen LogP contribution in [0.3, 0.4) is 0 Å². The molecule has 1 fully saturated rings. The molecule has 0 aromatic heterocycles. The number of hydrogen-bond donors (Lipinski definition) is 3. The zero-order chi connectivity index (χ0) is 46.5. The molecule has 0 spiro atoms. The van der Waals surface area contributed by atoms with Gasteiger partial charge in [0.2, 0.25) is 5.79 Å². The minimum absolute atomic E-state index is 0.00151. The number of nitro groups is 2. The minimum Gasteiger partial charge on any atom is -0.459 e. The highest BCUT2D eigenvalue weighted by atomic mass is 16.7. The number of ether oxygens (including phenoxy) is 4. The summed E-state index contributed by atoms with van der Waals surface area (Å²) in [5.74, 6) is -2.11. The SMILES string of the molecule is C=CCO[C@@]12Oc3ccc(OC(=O)NCC)cc3[C@H]3[C@H](CCCCO)[C@@H](CCCCO)C=C(C(=NOCc4ccc([N+](=O)[O-])cc4)C[C@@H]1N(CCC)C(=O)Oc1ccc([N+](=O)[O-])cc1)[C@H]32. The van der Waals surface area contributed by atoms with Crippen LogP contribution >= 0.6 is 0 Å². The van der Waals surface area contributed by atoms with E-state index in [1.165, 1.54) is 41.3 Å². The number of hydrogen-bond acceptors (Lipinski definition) is 14. The summed E-state index contributed by atoms with van der Waals surface area (Å²) in [5, 5.41) is 50.0. The standard InChI is InChI=1S/C47H57N5O13/c1-4-23-50(46(56)64-35-19-17-34(18-20-35)52(59)60)42-29-40(49-62-30-31-13-15-33(16-14-31)51(57)58)38-27-32(11-7-9-24-53)37(12-8-10-25-54)43-39-28-36(63-45(55)48-6-3)21-22-41(39)65-47(42,44(38)43)61-26-5-2/h5,13-22,27-28,32,37,42-44,53-54H,2,4,6-12,23-26,29-30H2,1,3H3,(H,48,55)/t32-,37+,42-,43+,44+,47+/m0/s1. The first-order valence-corrected chi connectivity index (χ1v) is 22.1. The largest absolute Gasteiger partial charge is 0.459 e. The van der Waals surface area contributed by atoms with Gasteiger partial charge in [-0.3, -0.25) is 25.1 Å². The highest BCUT2D eigenvalue weighted by Gasteiger charge is 2.65. The number of fused-ring (bicyclic) bond motifs is 2. The summed E-state index contributed by atoms with van der Waals surface area (Å²) < 4.78 is 25.8. The highest BCUT2D eigenvalue weighted by Crippen LogP contribution is 2.62. The van der Waals surface area contributed by atoms with E-state index in [0.29, 0.717) is 68.5 Å². The first-order valence-electron chi connectivity index (χ1n) is 22.1. The molecule has 1 heterocycles. The van der Waals surface area contributed by atoms with Crippen LogP contribution in [0.1, 0.15) is 82.3 Å². The van der Waals surface area contributed by atoms with Gasteiger partial charge < -0.3 is 39.3 Å². The average Bonchev–Trinajstić information content (AvgIpc) is 3.29. The maximum Gasteiger partial charge on any atom is 0.415 e. The second-order valence-corrected chi connectivity index (χ2v) is 16.2. The van der Waals surface area contributed by atoms with E-state index in [9.17, 15) is 40.0 Å². The Bertz CT molecular complexity index is 2220. The van der Waals surface area contributed by atoms with Gasteiger partial charge in [-0.2, -0.15) is 0 Å². The van der Waals surface area contributed by atoms with Crippen molar-refractivity contribution < 1.29 is 53.4 Å². The van der Waals surface area contributed by atoms with E-state index in [1.807, 2.05) is 6.92 Å². The Morgan fingerprint density at radius 1 is 0.938 bits per heavy atom. The van der Waals surface area contributed by atoms with Crippen molar-refractivity contribution in [3.8, 4) is 17.2 Å². The van der Waals surface area contributed by atoms with Crippen LogP contribution < -0.4 is 19.5 Å². The zero-order valence-electron chi connectivity index (χ0n) is 36.7. The molecule has 0 saturated heterocycles. The van der Waals surface area contributed by atoms with Gasteiger partial charge in [0.1, 0.15) is 29.9 Å². The molecule has 2 aliphatic carbocycles. The number of aliphatic hydroxyl groups excluding tert-OH is 2. The Morgan fingerprint density at radius 3 is 2.23 bits per heavy atom. The molecule has 348 valence electrons. The van der Waals surface area contributed by atoms with E-state index in [1.54, 1.807) is 43.3 Å². The summed E-state index contributed by atoms with van der Waals surface area (Å²) in [6.45, 7) is 8.17.